The first kappa shape index (κ1) is 15.8. The molecule has 3 heterocycles. The van der Waals surface area contributed by atoms with Crippen LogP contribution in [-0.2, 0) is 16.4 Å². The molecule has 0 aromatic carbocycles. The molecule has 0 aliphatic heterocycles. The van der Waals surface area contributed by atoms with E-state index in [-0.39, 0.29) is 20.1 Å². The Labute approximate surface area is 141 Å². The van der Waals surface area contributed by atoms with Gasteiger partial charge in [0.05, 0.1) is 5.02 Å². The molecule has 0 aliphatic carbocycles. The number of nitrogens with zero attached hydrogens (tertiary/aromatic N) is 2. The lowest BCUT2D eigenvalue weighted by Gasteiger charge is -2.05. The third-order valence-electron chi connectivity index (χ3n) is 3.04. The van der Waals surface area contributed by atoms with Gasteiger partial charge in [-0.05, 0) is 24.1 Å². The smallest absolute Gasteiger partial charge is 0.250 e. The molecule has 22 heavy (non-hydrogen) atoms. The van der Waals surface area contributed by atoms with Crippen molar-refractivity contribution in [1.29, 1.82) is 0 Å². The van der Waals surface area contributed by atoms with E-state index < -0.39 is 10.0 Å². The number of aromatic nitrogens is 2. The third-order valence-corrected chi connectivity index (χ3v) is 6.84. The van der Waals surface area contributed by atoms with Crippen LogP contribution in [0.1, 0.15) is 5.56 Å². The Morgan fingerprint density at radius 1 is 1.32 bits per heavy atom. The molecule has 9 heteroatoms. The summed E-state index contributed by atoms with van der Waals surface area (Å²) in [5, 5.41) is 0.248. The predicted molar refractivity (Wildman–Crippen MR) is 88.4 cm³/mol. The first-order valence-corrected chi connectivity index (χ1v) is 9.37. The summed E-state index contributed by atoms with van der Waals surface area (Å²) < 4.78 is 29.1. The summed E-state index contributed by atoms with van der Waals surface area (Å²) in [5.74, 6) is 0. The van der Waals surface area contributed by atoms with Crippen molar-refractivity contribution in [3.8, 4) is 0 Å². The highest BCUT2D eigenvalue weighted by atomic mass is 35.5. The topological polar surface area (TPSA) is 63.5 Å². The molecule has 3 aromatic heterocycles. The Kier molecular flexibility index (Phi) is 4.42. The van der Waals surface area contributed by atoms with Crippen molar-refractivity contribution in [2.24, 2.45) is 0 Å². The van der Waals surface area contributed by atoms with E-state index in [4.69, 9.17) is 23.2 Å². The van der Waals surface area contributed by atoms with Gasteiger partial charge in [-0.15, -0.1) is 11.3 Å². The number of nitrogens with one attached hydrogen (secondary N) is 1. The first-order chi connectivity index (χ1) is 10.5. The van der Waals surface area contributed by atoms with Crippen molar-refractivity contribution in [1.82, 2.24) is 14.1 Å². The molecule has 0 unspecified atom stereocenters. The summed E-state index contributed by atoms with van der Waals surface area (Å²) in [6, 6.07) is 5.17. The maximum atomic E-state index is 12.1. The number of hydrogen-bond donors (Lipinski definition) is 1. The largest absolute Gasteiger partial charge is 0.307 e. The van der Waals surface area contributed by atoms with Crippen LogP contribution in [0, 0.1) is 0 Å². The van der Waals surface area contributed by atoms with Crippen LogP contribution in [0.2, 0.25) is 9.36 Å². The van der Waals surface area contributed by atoms with Gasteiger partial charge in [-0.3, -0.25) is 0 Å². The quantitative estimate of drug-likeness (QED) is 0.744. The lowest BCUT2D eigenvalue weighted by atomic mass is 10.2. The number of thiophene rings is 1. The molecule has 0 aliphatic rings. The average molecular weight is 376 g/mol. The number of hydrogen-bond acceptors (Lipinski definition) is 4. The molecule has 0 atom stereocenters. The molecule has 116 valence electrons. The normalized spacial score (nSPS) is 12.1. The van der Waals surface area contributed by atoms with Crippen LogP contribution in [0.25, 0.3) is 5.65 Å². The second-order valence-corrected chi connectivity index (χ2v) is 8.62. The summed E-state index contributed by atoms with van der Waals surface area (Å²) >= 11 is 12.5. The summed E-state index contributed by atoms with van der Waals surface area (Å²) in [5.41, 5.74) is 1.86. The van der Waals surface area contributed by atoms with Gasteiger partial charge < -0.3 is 4.40 Å². The van der Waals surface area contributed by atoms with Crippen molar-refractivity contribution < 1.29 is 8.42 Å². The third kappa shape index (κ3) is 3.28. The summed E-state index contributed by atoms with van der Waals surface area (Å²) in [7, 11) is -3.58. The number of pyridine rings is 1. The van der Waals surface area contributed by atoms with Crippen LogP contribution in [0.3, 0.4) is 0 Å². The fourth-order valence-electron chi connectivity index (χ4n) is 1.97. The molecular weight excluding hydrogens is 365 g/mol. The Morgan fingerprint density at radius 3 is 2.86 bits per heavy atom. The zero-order chi connectivity index (χ0) is 15.7. The molecule has 0 bridgehead atoms. The minimum absolute atomic E-state index is 0.118. The van der Waals surface area contributed by atoms with Crippen molar-refractivity contribution >= 4 is 50.2 Å². The highest BCUT2D eigenvalue weighted by Crippen LogP contribution is 2.34. The second kappa shape index (κ2) is 6.17. The molecule has 3 aromatic rings. The number of imidazole rings is 1. The molecule has 0 spiro atoms. The Balaban J connectivity index is 1.66. The Hall–Kier alpha value is -1.12. The summed E-state index contributed by atoms with van der Waals surface area (Å²) in [4.78, 5) is 4.16. The van der Waals surface area contributed by atoms with Crippen LogP contribution in [-0.4, -0.2) is 24.3 Å². The van der Waals surface area contributed by atoms with Crippen molar-refractivity contribution in [2.75, 3.05) is 6.54 Å². The van der Waals surface area contributed by atoms with Gasteiger partial charge in [0.25, 0.3) is 0 Å². The van der Waals surface area contributed by atoms with E-state index in [1.54, 1.807) is 6.20 Å². The fraction of sp³-hybridized carbons (Fsp3) is 0.154. The molecular formula is C13H11Cl2N3O2S2. The molecule has 0 fully saturated rings. The Bertz CT molecular complexity index is 899. The maximum absolute atomic E-state index is 12.1. The van der Waals surface area contributed by atoms with Crippen LogP contribution in [0.4, 0.5) is 0 Å². The molecule has 0 amide bonds. The predicted octanol–water partition coefficient (Wildman–Crippen LogP) is 3.22. The minimum atomic E-state index is -3.58. The fourth-order valence-corrected chi connectivity index (χ4v) is 4.93. The van der Waals surface area contributed by atoms with E-state index >= 15 is 0 Å². The zero-order valence-corrected chi connectivity index (χ0v) is 14.3. The van der Waals surface area contributed by atoms with Gasteiger partial charge in [-0.2, -0.15) is 0 Å². The number of sulfonamides is 1. The molecule has 0 saturated heterocycles. The van der Waals surface area contributed by atoms with E-state index in [2.05, 4.69) is 9.71 Å². The van der Waals surface area contributed by atoms with Crippen molar-refractivity contribution in [3.63, 3.8) is 0 Å². The molecule has 0 radical (unpaired) electrons. The van der Waals surface area contributed by atoms with Gasteiger partial charge in [-0.1, -0.05) is 29.3 Å². The van der Waals surface area contributed by atoms with Crippen molar-refractivity contribution in [2.45, 2.75) is 10.6 Å². The molecule has 0 saturated carbocycles. The number of halogens is 2. The average Bonchev–Trinajstić information content (AvgIpc) is 3.06. The van der Waals surface area contributed by atoms with Gasteiger partial charge in [0.1, 0.15) is 14.2 Å². The maximum Gasteiger partial charge on any atom is 0.250 e. The van der Waals surface area contributed by atoms with Gasteiger partial charge in [-0.25, -0.2) is 18.1 Å². The number of fused-ring (bicyclic) bond motifs is 1. The van der Waals surface area contributed by atoms with Crippen LogP contribution in [0.5, 0.6) is 0 Å². The monoisotopic (exact) mass is 375 g/mol. The van der Waals surface area contributed by atoms with Gasteiger partial charge in [0.2, 0.25) is 10.0 Å². The van der Waals surface area contributed by atoms with Crippen LogP contribution >= 0.6 is 34.5 Å². The van der Waals surface area contributed by atoms with E-state index in [1.807, 2.05) is 28.9 Å². The first-order valence-electron chi connectivity index (χ1n) is 6.32. The number of rotatable bonds is 5. The minimum Gasteiger partial charge on any atom is -0.307 e. The van der Waals surface area contributed by atoms with E-state index in [0.29, 0.717) is 6.42 Å². The van der Waals surface area contributed by atoms with E-state index in [0.717, 1.165) is 22.5 Å². The zero-order valence-electron chi connectivity index (χ0n) is 11.2. The van der Waals surface area contributed by atoms with Crippen molar-refractivity contribution in [3.05, 3.63) is 51.7 Å². The Morgan fingerprint density at radius 2 is 2.14 bits per heavy atom. The standard InChI is InChI=1S/C13H11Cl2N3O2S2/c14-10-7-12(21-13(10)15)22(19,20)17-4-3-9-1-2-11-16-5-6-18(11)8-9/h1-2,5-8,17H,3-4H2. The van der Waals surface area contributed by atoms with Gasteiger partial charge in [0.15, 0.2) is 0 Å². The highest BCUT2D eigenvalue weighted by Gasteiger charge is 2.18. The summed E-state index contributed by atoms with van der Waals surface area (Å²) in [6.45, 7) is 0.287. The highest BCUT2D eigenvalue weighted by molar-refractivity contribution is 7.91. The second-order valence-electron chi connectivity index (χ2n) is 4.56. The van der Waals surface area contributed by atoms with Crippen LogP contribution < -0.4 is 4.72 Å². The lowest BCUT2D eigenvalue weighted by molar-refractivity contribution is 0.583. The van der Waals surface area contributed by atoms with E-state index in [9.17, 15) is 8.42 Å². The summed E-state index contributed by atoms with van der Waals surface area (Å²) in [6.07, 6.45) is 6.06. The van der Waals surface area contributed by atoms with Crippen LogP contribution in [0.15, 0.2) is 41.0 Å². The molecule has 1 N–H and O–H groups in total. The molecule has 3 rings (SSSR count). The SMILES string of the molecule is O=S(=O)(NCCc1ccc2nccn2c1)c1cc(Cl)c(Cl)s1. The van der Waals surface area contributed by atoms with E-state index in [1.165, 1.54) is 6.07 Å². The van der Waals surface area contributed by atoms with Gasteiger partial charge in [0, 0.05) is 25.1 Å². The lowest BCUT2D eigenvalue weighted by Crippen LogP contribution is -2.25. The van der Waals surface area contributed by atoms with Gasteiger partial charge >= 0.3 is 0 Å². The molecule has 5 nitrogen and oxygen atoms in total.